The lowest BCUT2D eigenvalue weighted by Crippen LogP contribution is -2.28. The van der Waals surface area contributed by atoms with Crippen molar-refractivity contribution < 1.29 is 22.9 Å². The third-order valence-electron chi connectivity index (χ3n) is 3.12. The van der Waals surface area contributed by atoms with Gasteiger partial charge in [-0.05, 0) is 23.8 Å². The molecule has 0 aliphatic carbocycles. The van der Waals surface area contributed by atoms with Crippen LogP contribution < -0.4 is 4.72 Å². The Labute approximate surface area is 143 Å². The second-order valence-electron chi connectivity index (χ2n) is 4.82. The van der Waals surface area contributed by atoms with Crippen molar-refractivity contribution in [2.45, 2.75) is 4.90 Å². The van der Waals surface area contributed by atoms with Gasteiger partial charge in [-0.15, -0.1) is 0 Å². The van der Waals surface area contributed by atoms with Gasteiger partial charge < -0.3 is 4.74 Å². The number of rotatable bonds is 6. The van der Waals surface area contributed by atoms with Crippen molar-refractivity contribution in [3.63, 3.8) is 0 Å². The van der Waals surface area contributed by atoms with Crippen molar-refractivity contribution >= 4 is 27.8 Å². The van der Waals surface area contributed by atoms with E-state index in [-0.39, 0.29) is 16.3 Å². The fourth-order valence-corrected chi connectivity index (χ4v) is 2.95. The van der Waals surface area contributed by atoms with Gasteiger partial charge >= 0.3 is 5.97 Å². The first-order valence-corrected chi connectivity index (χ1v) is 8.44. The van der Waals surface area contributed by atoms with Crippen LogP contribution in [-0.2, 0) is 19.6 Å². The van der Waals surface area contributed by atoms with Crippen LogP contribution in [-0.4, -0.2) is 26.4 Å². The molecule has 0 heterocycles. The van der Waals surface area contributed by atoms with E-state index >= 15 is 0 Å². The van der Waals surface area contributed by atoms with Crippen molar-refractivity contribution in [1.82, 2.24) is 4.72 Å². The van der Waals surface area contributed by atoms with Crippen molar-refractivity contribution in [3.8, 4) is 0 Å². The molecule has 0 unspecified atom stereocenters. The minimum absolute atomic E-state index is 0.221. The average Bonchev–Trinajstić information content (AvgIpc) is 2.61. The second kappa shape index (κ2) is 7.58. The molecule has 8 nitrogen and oxygen atoms in total. The quantitative estimate of drug-likeness (QED) is 0.364. The zero-order valence-electron chi connectivity index (χ0n) is 13.1. The van der Waals surface area contributed by atoms with Gasteiger partial charge in [0.2, 0.25) is 0 Å². The van der Waals surface area contributed by atoms with Gasteiger partial charge in [-0.3, -0.25) is 14.8 Å². The molecule has 0 spiro atoms. The molecule has 9 heteroatoms. The molecular formula is C16H14N2O6S. The third-order valence-corrected chi connectivity index (χ3v) is 4.50. The molecule has 0 saturated heterocycles. The molecule has 1 N–H and O–H groups in total. The standard InChI is InChI=1S/C16H14N2O6S/c1-24-16(19)15(11-12-5-3-2-4-6-12)17-25(22,23)14-9-7-13(8-10-14)18(20)21/h2-11,17H,1H3/b15-11+. The van der Waals surface area contributed by atoms with Crippen LogP contribution in [0.15, 0.2) is 65.2 Å². The highest BCUT2D eigenvalue weighted by Gasteiger charge is 2.21. The van der Waals surface area contributed by atoms with Gasteiger partial charge in [0, 0.05) is 12.1 Å². The van der Waals surface area contributed by atoms with Crippen LogP contribution >= 0.6 is 0 Å². The van der Waals surface area contributed by atoms with Gasteiger partial charge in [0.05, 0.1) is 16.9 Å². The van der Waals surface area contributed by atoms with Crippen molar-refractivity contribution in [3.05, 3.63) is 76.0 Å². The smallest absolute Gasteiger partial charge is 0.355 e. The number of nitrogens with one attached hydrogen (secondary N) is 1. The molecule has 130 valence electrons. The lowest BCUT2D eigenvalue weighted by atomic mass is 10.2. The Morgan fingerprint density at radius 2 is 1.72 bits per heavy atom. The maximum absolute atomic E-state index is 12.4. The summed E-state index contributed by atoms with van der Waals surface area (Å²) >= 11 is 0. The number of benzene rings is 2. The minimum Gasteiger partial charge on any atom is -0.464 e. The predicted molar refractivity (Wildman–Crippen MR) is 89.9 cm³/mol. The number of nitro benzene ring substituents is 1. The van der Waals surface area contributed by atoms with Crippen LogP contribution in [0.1, 0.15) is 5.56 Å². The number of methoxy groups -OCH3 is 1. The van der Waals surface area contributed by atoms with Crippen LogP contribution in [0, 0.1) is 10.1 Å². The lowest BCUT2D eigenvalue weighted by molar-refractivity contribution is -0.384. The monoisotopic (exact) mass is 362 g/mol. The van der Waals surface area contributed by atoms with E-state index < -0.39 is 20.9 Å². The Bertz CT molecular complexity index is 905. The van der Waals surface area contributed by atoms with Gasteiger partial charge in [-0.25, -0.2) is 13.2 Å². The third kappa shape index (κ3) is 4.64. The molecule has 0 atom stereocenters. The molecule has 0 bridgehead atoms. The van der Waals surface area contributed by atoms with Crippen LogP contribution in [0.3, 0.4) is 0 Å². The summed E-state index contributed by atoms with van der Waals surface area (Å²) in [5, 5.41) is 10.6. The molecule has 0 amide bonds. The summed E-state index contributed by atoms with van der Waals surface area (Å²) in [6.45, 7) is 0. The number of nitro groups is 1. The van der Waals surface area contributed by atoms with Crippen molar-refractivity contribution in [2.75, 3.05) is 7.11 Å². The Kier molecular flexibility index (Phi) is 5.50. The molecule has 0 aliphatic rings. The second-order valence-corrected chi connectivity index (χ2v) is 6.50. The van der Waals surface area contributed by atoms with Crippen LogP contribution in [0.25, 0.3) is 6.08 Å². The Balaban J connectivity index is 2.35. The molecule has 2 aromatic rings. The minimum atomic E-state index is -4.12. The number of carbonyl (C=O) groups excluding carboxylic acids is 1. The number of esters is 1. The summed E-state index contributed by atoms with van der Waals surface area (Å²) in [6, 6.07) is 12.9. The SMILES string of the molecule is COC(=O)/C(=C\c1ccccc1)NS(=O)(=O)c1ccc([N+](=O)[O-])cc1. The van der Waals surface area contributed by atoms with Crippen LogP contribution in [0.5, 0.6) is 0 Å². The van der Waals surface area contributed by atoms with E-state index in [9.17, 15) is 23.3 Å². The number of sulfonamides is 1. The fraction of sp³-hybridized carbons (Fsp3) is 0.0625. The Morgan fingerprint density at radius 1 is 1.12 bits per heavy atom. The summed E-state index contributed by atoms with van der Waals surface area (Å²) < 4.78 is 31.5. The number of ether oxygens (including phenoxy) is 1. The molecule has 2 aromatic carbocycles. The molecular weight excluding hydrogens is 348 g/mol. The summed E-state index contributed by atoms with van der Waals surface area (Å²) in [5.74, 6) is -0.866. The highest BCUT2D eigenvalue weighted by atomic mass is 32.2. The first kappa shape index (κ1) is 18.1. The molecule has 0 aromatic heterocycles. The molecule has 0 aliphatic heterocycles. The highest BCUT2D eigenvalue weighted by molar-refractivity contribution is 7.89. The highest BCUT2D eigenvalue weighted by Crippen LogP contribution is 2.17. The summed E-state index contributed by atoms with van der Waals surface area (Å²) in [7, 11) is -2.99. The van der Waals surface area contributed by atoms with E-state index in [4.69, 9.17) is 0 Å². The van der Waals surface area contributed by atoms with E-state index in [0.29, 0.717) is 5.56 Å². The average molecular weight is 362 g/mol. The van der Waals surface area contributed by atoms with E-state index in [1.54, 1.807) is 30.3 Å². The van der Waals surface area contributed by atoms with E-state index in [1.807, 2.05) is 0 Å². The maximum atomic E-state index is 12.4. The predicted octanol–water partition coefficient (Wildman–Crippen LogP) is 2.09. The Morgan fingerprint density at radius 3 is 2.24 bits per heavy atom. The lowest BCUT2D eigenvalue weighted by Gasteiger charge is -2.10. The summed E-state index contributed by atoms with van der Waals surface area (Å²) in [6.07, 6.45) is 1.33. The zero-order valence-corrected chi connectivity index (χ0v) is 13.9. The molecule has 25 heavy (non-hydrogen) atoms. The van der Waals surface area contributed by atoms with Gasteiger partial charge in [-0.1, -0.05) is 30.3 Å². The van der Waals surface area contributed by atoms with Crippen molar-refractivity contribution in [1.29, 1.82) is 0 Å². The number of hydrogen-bond acceptors (Lipinski definition) is 6. The number of carbonyl (C=O) groups is 1. The van der Waals surface area contributed by atoms with Gasteiger partial charge in [-0.2, -0.15) is 0 Å². The Hall–Kier alpha value is -3.20. The van der Waals surface area contributed by atoms with E-state index in [0.717, 1.165) is 31.4 Å². The molecule has 0 fully saturated rings. The normalized spacial score (nSPS) is 11.6. The number of hydrogen-bond donors (Lipinski definition) is 1. The summed E-state index contributed by atoms with van der Waals surface area (Å²) in [5.41, 5.74) is 0.0633. The maximum Gasteiger partial charge on any atom is 0.355 e. The van der Waals surface area contributed by atoms with E-state index in [1.165, 1.54) is 6.08 Å². The molecule has 2 rings (SSSR count). The van der Waals surface area contributed by atoms with Crippen molar-refractivity contribution in [2.24, 2.45) is 0 Å². The molecule has 0 radical (unpaired) electrons. The van der Waals surface area contributed by atoms with Gasteiger partial charge in [0.15, 0.2) is 0 Å². The number of non-ortho nitro benzene ring substituents is 1. The van der Waals surface area contributed by atoms with Gasteiger partial charge in [0.25, 0.3) is 15.7 Å². The summed E-state index contributed by atoms with van der Waals surface area (Å²) in [4.78, 5) is 21.6. The molecule has 0 saturated carbocycles. The number of nitrogens with zero attached hydrogens (tertiary/aromatic N) is 1. The first-order chi connectivity index (χ1) is 11.8. The largest absolute Gasteiger partial charge is 0.464 e. The van der Waals surface area contributed by atoms with Crippen LogP contribution in [0.4, 0.5) is 5.69 Å². The van der Waals surface area contributed by atoms with Gasteiger partial charge in [0.1, 0.15) is 5.70 Å². The first-order valence-electron chi connectivity index (χ1n) is 6.96. The zero-order chi connectivity index (χ0) is 18.4. The fourth-order valence-electron chi connectivity index (χ4n) is 1.91. The van der Waals surface area contributed by atoms with Crippen LogP contribution in [0.2, 0.25) is 0 Å². The topological polar surface area (TPSA) is 116 Å². The van der Waals surface area contributed by atoms with E-state index in [2.05, 4.69) is 9.46 Å².